The number of halogens is 1. The molecule has 0 N–H and O–H groups in total. The molecule has 0 spiro atoms. The lowest BCUT2D eigenvalue weighted by atomic mass is 9.84. The van der Waals surface area contributed by atoms with Crippen molar-refractivity contribution in [3.05, 3.63) is 82.2 Å². The van der Waals surface area contributed by atoms with Gasteiger partial charge in [0.25, 0.3) is 0 Å². The fourth-order valence-electron chi connectivity index (χ4n) is 5.91. The highest BCUT2D eigenvalue weighted by molar-refractivity contribution is 7.19. The minimum Gasteiger partial charge on any atom is -0.300 e. The minimum atomic E-state index is -0.178. The second kappa shape index (κ2) is 8.13. The van der Waals surface area contributed by atoms with Gasteiger partial charge in [0, 0.05) is 21.2 Å². The molecular weight excluding hydrogens is 413 g/mol. The van der Waals surface area contributed by atoms with Crippen molar-refractivity contribution in [2.75, 3.05) is 13.1 Å². The summed E-state index contributed by atoms with van der Waals surface area (Å²) in [6.45, 7) is 4.78. The predicted molar refractivity (Wildman–Crippen MR) is 136 cm³/mol. The lowest BCUT2D eigenvalue weighted by molar-refractivity contribution is 0.181. The molecule has 6 rings (SSSR count). The van der Waals surface area contributed by atoms with Gasteiger partial charge in [0.15, 0.2) is 0 Å². The van der Waals surface area contributed by atoms with Crippen LogP contribution in [0.25, 0.3) is 32.8 Å². The molecule has 2 fully saturated rings. The van der Waals surface area contributed by atoms with Gasteiger partial charge in [0.2, 0.25) is 0 Å². The van der Waals surface area contributed by atoms with E-state index in [1.54, 1.807) is 6.08 Å². The topological polar surface area (TPSA) is 3.24 Å². The number of piperidine rings is 1. The Morgan fingerprint density at radius 2 is 1.88 bits per heavy atom. The van der Waals surface area contributed by atoms with Crippen molar-refractivity contribution >= 4 is 44.1 Å². The molecule has 3 heteroatoms. The van der Waals surface area contributed by atoms with Gasteiger partial charge in [0.05, 0.1) is 0 Å². The van der Waals surface area contributed by atoms with Crippen molar-refractivity contribution in [2.45, 2.75) is 44.6 Å². The van der Waals surface area contributed by atoms with Gasteiger partial charge < -0.3 is 4.90 Å². The van der Waals surface area contributed by atoms with Gasteiger partial charge in [-0.1, -0.05) is 42.5 Å². The van der Waals surface area contributed by atoms with Crippen molar-refractivity contribution in [1.29, 1.82) is 0 Å². The molecule has 0 aliphatic carbocycles. The van der Waals surface area contributed by atoms with Crippen LogP contribution >= 0.6 is 11.3 Å². The molecule has 3 heterocycles. The number of thiophene rings is 1. The van der Waals surface area contributed by atoms with Crippen LogP contribution in [0.15, 0.2) is 60.7 Å². The standard InChI is InChI=1S/C29H28FNS/c1-19-29(24-12-14-31-13-4-7-25(31)18-24)26-15-20(8-11-28(26)32-19)16-27(30)23-10-9-21-5-2-3-6-22(21)17-23/h2-3,5-6,8-11,15-17,24-25H,4,7,12-14,18H2,1H3. The number of hydrogen-bond acceptors (Lipinski definition) is 2. The highest BCUT2D eigenvalue weighted by atomic mass is 32.1. The van der Waals surface area contributed by atoms with Gasteiger partial charge in [-0.15, -0.1) is 11.3 Å². The Kier molecular flexibility index (Phi) is 5.12. The van der Waals surface area contributed by atoms with E-state index in [2.05, 4.69) is 36.1 Å². The van der Waals surface area contributed by atoms with Crippen LogP contribution in [0.3, 0.4) is 0 Å². The number of benzene rings is 3. The van der Waals surface area contributed by atoms with Crippen LogP contribution in [0.5, 0.6) is 0 Å². The van der Waals surface area contributed by atoms with E-state index in [4.69, 9.17) is 0 Å². The van der Waals surface area contributed by atoms with Crippen molar-refractivity contribution in [1.82, 2.24) is 4.90 Å². The molecule has 3 aromatic carbocycles. The number of nitrogens with zero attached hydrogens (tertiary/aromatic N) is 1. The zero-order chi connectivity index (χ0) is 21.7. The normalized spacial score (nSPS) is 22.0. The Morgan fingerprint density at radius 1 is 1.00 bits per heavy atom. The van der Waals surface area contributed by atoms with Crippen LogP contribution in [0.2, 0.25) is 0 Å². The Balaban J connectivity index is 1.35. The quantitative estimate of drug-likeness (QED) is 0.290. The van der Waals surface area contributed by atoms with E-state index in [9.17, 15) is 0 Å². The van der Waals surface area contributed by atoms with Crippen LogP contribution in [-0.4, -0.2) is 24.0 Å². The summed E-state index contributed by atoms with van der Waals surface area (Å²) in [6, 6.07) is 21.1. The average Bonchev–Trinajstić information content (AvgIpc) is 3.41. The van der Waals surface area contributed by atoms with E-state index in [0.29, 0.717) is 11.5 Å². The highest BCUT2D eigenvalue weighted by Crippen LogP contribution is 2.43. The van der Waals surface area contributed by atoms with Crippen molar-refractivity contribution in [3.8, 4) is 0 Å². The van der Waals surface area contributed by atoms with Crippen LogP contribution in [0.4, 0.5) is 4.39 Å². The number of fused-ring (bicyclic) bond motifs is 3. The van der Waals surface area contributed by atoms with Gasteiger partial charge in [-0.05, 0) is 103 Å². The summed E-state index contributed by atoms with van der Waals surface area (Å²) in [4.78, 5) is 4.13. The summed E-state index contributed by atoms with van der Waals surface area (Å²) in [5.74, 6) is 0.454. The Hall–Kier alpha value is -2.49. The third-order valence-electron chi connectivity index (χ3n) is 7.48. The molecule has 4 aromatic rings. The van der Waals surface area contributed by atoms with E-state index in [0.717, 1.165) is 22.4 Å². The summed E-state index contributed by atoms with van der Waals surface area (Å²) < 4.78 is 16.5. The summed E-state index contributed by atoms with van der Waals surface area (Å²) >= 11 is 1.89. The first kappa shape index (κ1) is 20.1. The van der Waals surface area contributed by atoms with Gasteiger partial charge in [-0.25, -0.2) is 4.39 Å². The third kappa shape index (κ3) is 3.58. The van der Waals surface area contributed by atoms with Crippen LogP contribution < -0.4 is 0 Å². The van der Waals surface area contributed by atoms with E-state index < -0.39 is 0 Å². The van der Waals surface area contributed by atoms with Crippen molar-refractivity contribution in [2.24, 2.45) is 0 Å². The smallest absolute Gasteiger partial charge is 0.131 e. The van der Waals surface area contributed by atoms with Crippen LogP contribution in [0.1, 0.15) is 53.2 Å². The largest absolute Gasteiger partial charge is 0.300 e. The number of aryl methyl sites for hydroxylation is 1. The lowest BCUT2D eigenvalue weighted by Crippen LogP contribution is -2.37. The fraction of sp³-hybridized carbons (Fsp3) is 0.310. The maximum absolute atomic E-state index is 15.2. The van der Waals surface area contributed by atoms with E-state index >= 15 is 4.39 Å². The van der Waals surface area contributed by atoms with Crippen molar-refractivity contribution < 1.29 is 4.39 Å². The summed E-state index contributed by atoms with van der Waals surface area (Å²) in [7, 11) is 0. The third-order valence-corrected chi connectivity index (χ3v) is 8.59. The molecule has 2 aliphatic heterocycles. The zero-order valence-electron chi connectivity index (χ0n) is 18.5. The second-order valence-electron chi connectivity index (χ2n) is 9.44. The molecule has 2 atom stereocenters. The minimum absolute atomic E-state index is 0.178. The average molecular weight is 442 g/mol. The molecular formula is C29H28FNS. The lowest BCUT2D eigenvalue weighted by Gasteiger charge is -2.35. The second-order valence-corrected chi connectivity index (χ2v) is 10.7. The summed E-state index contributed by atoms with van der Waals surface area (Å²) in [6.07, 6.45) is 6.92. The highest BCUT2D eigenvalue weighted by Gasteiger charge is 2.33. The number of rotatable bonds is 3. The van der Waals surface area contributed by atoms with E-state index in [-0.39, 0.29) is 5.83 Å². The van der Waals surface area contributed by atoms with Gasteiger partial charge in [-0.2, -0.15) is 0 Å². The molecule has 32 heavy (non-hydrogen) atoms. The van der Waals surface area contributed by atoms with Gasteiger partial charge in [0.1, 0.15) is 5.83 Å². The van der Waals surface area contributed by atoms with Crippen LogP contribution in [-0.2, 0) is 0 Å². The summed E-state index contributed by atoms with van der Waals surface area (Å²) in [5, 5.41) is 3.54. The SMILES string of the molecule is Cc1sc2ccc(C=C(F)c3ccc4ccccc4c3)cc2c1C1CCN2CCCC2C1. The molecule has 2 unspecified atom stereocenters. The molecule has 2 aliphatic rings. The summed E-state index contributed by atoms with van der Waals surface area (Å²) in [5.41, 5.74) is 3.11. The van der Waals surface area contributed by atoms with Gasteiger partial charge >= 0.3 is 0 Å². The maximum Gasteiger partial charge on any atom is 0.131 e. The first-order valence-electron chi connectivity index (χ1n) is 11.8. The number of hydrogen-bond donors (Lipinski definition) is 0. The molecule has 0 amide bonds. The molecule has 162 valence electrons. The molecule has 0 radical (unpaired) electrons. The molecule has 0 saturated carbocycles. The van der Waals surface area contributed by atoms with E-state index in [1.807, 2.05) is 47.7 Å². The first-order valence-corrected chi connectivity index (χ1v) is 12.6. The Labute approximate surface area is 193 Å². The fourth-order valence-corrected chi connectivity index (χ4v) is 7.04. The molecule has 1 aromatic heterocycles. The first-order chi connectivity index (χ1) is 15.7. The van der Waals surface area contributed by atoms with Gasteiger partial charge in [-0.3, -0.25) is 0 Å². The molecule has 2 saturated heterocycles. The van der Waals surface area contributed by atoms with Crippen molar-refractivity contribution in [3.63, 3.8) is 0 Å². The Morgan fingerprint density at radius 3 is 2.78 bits per heavy atom. The monoisotopic (exact) mass is 441 g/mol. The zero-order valence-corrected chi connectivity index (χ0v) is 19.3. The molecule has 1 nitrogen and oxygen atoms in total. The predicted octanol–water partition coefficient (Wildman–Crippen LogP) is 8.17. The molecule has 0 bridgehead atoms. The van der Waals surface area contributed by atoms with E-state index in [1.165, 1.54) is 59.3 Å². The maximum atomic E-state index is 15.2. The van der Waals surface area contributed by atoms with Crippen LogP contribution in [0, 0.1) is 6.92 Å². The Bertz CT molecular complexity index is 1330.